The largest absolute Gasteiger partial charge is 0.446 e. The molecule has 1 atom stereocenters. The van der Waals surface area contributed by atoms with Crippen LogP contribution in [0.3, 0.4) is 0 Å². The average Bonchev–Trinajstić information content (AvgIpc) is 2.57. The molecular weight excluding hydrogens is 240 g/mol. The van der Waals surface area contributed by atoms with Crippen molar-refractivity contribution in [2.45, 2.75) is 59.9 Å². The molecule has 19 heavy (non-hydrogen) atoms. The van der Waals surface area contributed by atoms with E-state index in [1.807, 2.05) is 25.7 Å². The van der Waals surface area contributed by atoms with Crippen LogP contribution >= 0.6 is 0 Å². The molecule has 0 aromatic carbocycles. The topological polar surface area (TPSA) is 46.3 Å². The highest BCUT2D eigenvalue weighted by Crippen LogP contribution is 2.39. The van der Waals surface area contributed by atoms with Crippen molar-refractivity contribution in [3.63, 3.8) is 0 Å². The standard InChI is InChI=1S/C15H24N2O2/c1-14(2,3)10-7-8-11-12(16-9-19-11)17(13(10)18)15(4,5)6/h9-10H,7-8H2,1-6H3. The second kappa shape index (κ2) is 4.36. The van der Waals surface area contributed by atoms with Gasteiger partial charge in [-0.15, -0.1) is 0 Å². The van der Waals surface area contributed by atoms with E-state index in [0.29, 0.717) is 5.82 Å². The maximum absolute atomic E-state index is 12.9. The van der Waals surface area contributed by atoms with Crippen LogP contribution in [0.2, 0.25) is 0 Å². The summed E-state index contributed by atoms with van der Waals surface area (Å²) < 4.78 is 5.47. The molecule has 0 saturated carbocycles. The molecule has 0 aliphatic carbocycles. The van der Waals surface area contributed by atoms with Crippen molar-refractivity contribution < 1.29 is 9.21 Å². The number of carbonyl (C=O) groups is 1. The van der Waals surface area contributed by atoms with Gasteiger partial charge in [-0.1, -0.05) is 20.8 Å². The predicted molar refractivity (Wildman–Crippen MR) is 75.0 cm³/mol. The summed E-state index contributed by atoms with van der Waals surface area (Å²) >= 11 is 0. The van der Waals surface area contributed by atoms with Gasteiger partial charge in [-0.25, -0.2) is 0 Å². The van der Waals surface area contributed by atoms with Gasteiger partial charge in [-0.3, -0.25) is 9.69 Å². The van der Waals surface area contributed by atoms with E-state index in [4.69, 9.17) is 4.42 Å². The van der Waals surface area contributed by atoms with Gasteiger partial charge in [0, 0.05) is 17.9 Å². The molecule has 0 radical (unpaired) electrons. The number of rotatable bonds is 0. The lowest BCUT2D eigenvalue weighted by atomic mass is 9.77. The van der Waals surface area contributed by atoms with Gasteiger partial charge in [-0.05, 0) is 32.6 Å². The molecule has 0 fully saturated rings. The number of anilines is 1. The molecule has 1 aromatic heterocycles. The number of aryl methyl sites for hydroxylation is 1. The first kappa shape index (κ1) is 14.1. The number of nitrogens with zero attached hydrogens (tertiary/aromatic N) is 2. The van der Waals surface area contributed by atoms with Crippen LogP contribution in [0.5, 0.6) is 0 Å². The number of fused-ring (bicyclic) bond motifs is 1. The summed E-state index contributed by atoms with van der Waals surface area (Å²) in [4.78, 5) is 19.0. The van der Waals surface area contributed by atoms with E-state index in [9.17, 15) is 4.79 Å². The highest BCUT2D eigenvalue weighted by molar-refractivity contribution is 5.96. The second-order valence-electron chi connectivity index (χ2n) is 7.40. The Hall–Kier alpha value is -1.32. The van der Waals surface area contributed by atoms with Crippen LogP contribution in [0.15, 0.2) is 10.8 Å². The predicted octanol–water partition coefficient (Wildman–Crippen LogP) is 3.41. The van der Waals surface area contributed by atoms with Crippen LogP contribution in [-0.4, -0.2) is 16.4 Å². The first-order chi connectivity index (χ1) is 8.62. The smallest absolute Gasteiger partial charge is 0.232 e. The van der Waals surface area contributed by atoms with Gasteiger partial charge in [0.15, 0.2) is 12.2 Å². The summed E-state index contributed by atoms with van der Waals surface area (Å²) in [5, 5.41) is 0. The Morgan fingerprint density at radius 2 is 1.89 bits per heavy atom. The van der Waals surface area contributed by atoms with Gasteiger partial charge in [-0.2, -0.15) is 4.98 Å². The minimum atomic E-state index is -0.295. The van der Waals surface area contributed by atoms with Crippen molar-refractivity contribution in [2.75, 3.05) is 4.90 Å². The molecule has 4 nitrogen and oxygen atoms in total. The van der Waals surface area contributed by atoms with Crippen molar-refractivity contribution in [3.8, 4) is 0 Å². The Bertz CT molecular complexity index is 477. The lowest BCUT2D eigenvalue weighted by Crippen LogP contribution is -2.50. The fraction of sp³-hybridized carbons (Fsp3) is 0.733. The third-order valence-electron chi connectivity index (χ3n) is 3.73. The maximum atomic E-state index is 12.9. The summed E-state index contributed by atoms with van der Waals surface area (Å²) in [5.74, 6) is 1.68. The number of aromatic nitrogens is 1. The number of carbonyl (C=O) groups excluding carboxylic acids is 1. The normalized spacial score (nSPS) is 21.3. The third kappa shape index (κ3) is 2.53. The summed E-state index contributed by atoms with van der Waals surface area (Å²) in [7, 11) is 0. The van der Waals surface area contributed by atoms with E-state index in [1.54, 1.807) is 0 Å². The number of hydrogen-bond acceptors (Lipinski definition) is 3. The van der Waals surface area contributed by atoms with Gasteiger partial charge in [0.2, 0.25) is 5.91 Å². The van der Waals surface area contributed by atoms with Gasteiger partial charge < -0.3 is 4.42 Å². The van der Waals surface area contributed by atoms with E-state index >= 15 is 0 Å². The average molecular weight is 264 g/mol. The zero-order chi connectivity index (χ0) is 14.4. The second-order valence-corrected chi connectivity index (χ2v) is 7.40. The summed E-state index contributed by atoms with van der Waals surface area (Å²) in [6.07, 6.45) is 3.03. The molecule has 1 amide bonds. The van der Waals surface area contributed by atoms with E-state index in [2.05, 4.69) is 25.8 Å². The van der Waals surface area contributed by atoms with Crippen molar-refractivity contribution >= 4 is 11.7 Å². The molecule has 1 unspecified atom stereocenters. The molecule has 0 bridgehead atoms. The lowest BCUT2D eigenvalue weighted by molar-refractivity contribution is -0.126. The van der Waals surface area contributed by atoms with E-state index in [-0.39, 0.29) is 22.8 Å². The van der Waals surface area contributed by atoms with E-state index in [1.165, 1.54) is 6.39 Å². The highest BCUT2D eigenvalue weighted by Gasteiger charge is 2.42. The van der Waals surface area contributed by atoms with Crippen molar-refractivity contribution in [2.24, 2.45) is 11.3 Å². The molecule has 4 heteroatoms. The molecular formula is C15H24N2O2. The van der Waals surface area contributed by atoms with E-state index < -0.39 is 0 Å². The minimum absolute atomic E-state index is 0.00359. The molecule has 0 spiro atoms. The van der Waals surface area contributed by atoms with Crippen molar-refractivity contribution in [1.82, 2.24) is 4.98 Å². The Balaban J connectivity index is 2.50. The molecule has 1 aromatic rings. The van der Waals surface area contributed by atoms with Crippen LogP contribution in [0.1, 0.15) is 53.7 Å². The van der Waals surface area contributed by atoms with Crippen LogP contribution in [0.4, 0.5) is 5.82 Å². The molecule has 106 valence electrons. The van der Waals surface area contributed by atoms with Gasteiger partial charge in [0.25, 0.3) is 0 Å². The van der Waals surface area contributed by atoms with Crippen molar-refractivity contribution in [1.29, 1.82) is 0 Å². The Labute approximate surface area is 115 Å². The zero-order valence-electron chi connectivity index (χ0n) is 12.8. The summed E-state index contributed by atoms with van der Waals surface area (Å²) in [6, 6.07) is 0. The molecule has 0 saturated heterocycles. The Morgan fingerprint density at radius 3 is 2.42 bits per heavy atom. The molecule has 0 N–H and O–H groups in total. The molecule has 1 aliphatic rings. The van der Waals surface area contributed by atoms with E-state index in [0.717, 1.165) is 18.6 Å². The SMILES string of the molecule is CC(C)(C)C1CCc2ocnc2N(C(C)(C)C)C1=O. The Kier molecular flexibility index (Phi) is 3.23. The first-order valence-corrected chi connectivity index (χ1v) is 6.89. The summed E-state index contributed by atoms with van der Waals surface area (Å²) in [5.41, 5.74) is -0.347. The number of amides is 1. The maximum Gasteiger partial charge on any atom is 0.232 e. The molecule has 2 heterocycles. The Morgan fingerprint density at radius 1 is 1.26 bits per heavy atom. The lowest BCUT2D eigenvalue weighted by Gasteiger charge is -2.38. The van der Waals surface area contributed by atoms with Crippen LogP contribution in [-0.2, 0) is 11.2 Å². The monoisotopic (exact) mass is 264 g/mol. The number of oxazole rings is 1. The van der Waals surface area contributed by atoms with Gasteiger partial charge in [0.05, 0.1) is 0 Å². The van der Waals surface area contributed by atoms with Crippen LogP contribution in [0, 0.1) is 11.3 Å². The number of hydrogen-bond donors (Lipinski definition) is 0. The van der Waals surface area contributed by atoms with Crippen LogP contribution < -0.4 is 4.90 Å². The quantitative estimate of drug-likeness (QED) is 0.721. The van der Waals surface area contributed by atoms with Crippen molar-refractivity contribution in [3.05, 3.63) is 12.2 Å². The zero-order valence-corrected chi connectivity index (χ0v) is 12.8. The molecule has 2 rings (SSSR count). The van der Waals surface area contributed by atoms with Crippen LogP contribution in [0.25, 0.3) is 0 Å². The molecule has 1 aliphatic heterocycles. The minimum Gasteiger partial charge on any atom is -0.446 e. The fourth-order valence-corrected chi connectivity index (χ4v) is 2.73. The fourth-order valence-electron chi connectivity index (χ4n) is 2.73. The highest BCUT2D eigenvalue weighted by atomic mass is 16.3. The van der Waals surface area contributed by atoms with Gasteiger partial charge >= 0.3 is 0 Å². The third-order valence-corrected chi connectivity index (χ3v) is 3.73. The van der Waals surface area contributed by atoms with Gasteiger partial charge in [0.1, 0.15) is 5.76 Å². The first-order valence-electron chi connectivity index (χ1n) is 6.89. The summed E-state index contributed by atoms with van der Waals surface area (Å²) in [6.45, 7) is 12.5.